The van der Waals surface area contributed by atoms with Gasteiger partial charge in [-0.25, -0.2) is 8.42 Å². The molecule has 0 bridgehead atoms. The first-order valence-corrected chi connectivity index (χ1v) is 7.09. The number of hydrogen-bond acceptors (Lipinski definition) is 4. The zero-order valence-electron chi connectivity index (χ0n) is 10.1. The van der Waals surface area contributed by atoms with Crippen LogP contribution >= 0.6 is 0 Å². The smallest absolute Gasteiger partial charge is 0.153 e. The molecule has 0 aromatic heterocycles. The molecule has 0 amide bonds. The molecule has 0 heterocycles. The molecule has 0 spiro atoms. The van der Waals surface area contributed by atoms with Crippen LogP contribution in [0.2, 0.25) is 0 Å². The molecule has 0 aromatic rings. The van der Waals surface area contributed by atoms with Gasteiger partial charge in [0.15, 0.2) is 9.84 Å². The van der Waals surface area contributed by atoms with Crippen LogP contribution in [0.3, 0.4) is 0 Å². The van der Waals surface area contributed by atoms with E-state index in [1.54, 1.807) is 21.0 Å². The molecule has 0 aliphatic heterocycles. The van der Waals surface area contributed by atoms with Gasteiger partial charge in [-0.05, 0) is 20.3 Å². The number of sulfone groups is 1. The number of nitrogens with one attached hydrogen (secondary N) is 1. The maximum Gasteiger partial charge on any atom is 0.153 e. The minimum absolute atomic E-state index is 0.199. The van der Waals surface area contributed by atoms with Crippen LogP contribution in [0.15, 0.2) is 0 Å². The second kappa shape index (κ2) is 7.19. The number of hydrogen-bond donors (Lipinski definition) is 1. The third-order valence-electron chi connectivity index (χ3n) is 2.40. The van der Waals surface area contributed by atoms with Crippen LogP contribution in [-0.2, 0) is 14.6 Å². The highest BCUT2D eigenvalue weighted by Gasteiger charge is 2.16. The van der Waals surface area contributed by atoms with E-state index >= 15 is 0 Å². The molecule has 4 nitrogen and oxygen atoms in total. The lowest BCUT2D eigenvalue weighted by molar-refractivity contribution is 0.165. The van der Waals surface area contributed by atoms with Crippen molar-refractivity contribution in [2.75, 3.05) is 26.0 Å². The van der Waals surface area contributed by atoms with Gasteiger partial charge in [0.1, 0.15) is 0 Å². The zero-order chi connectivity index (χ0) is 11.9. The summed E-state index contributed by atoms with van der Waals surface area (Å²) in [5.41, 5.74) is 0. The summed E-state index contributed by atoms with van der Waals surface area (Å²) in [7, 11) is -1.27. The quantitative estimate of drug-likeness (QED) is 0.679. The van der Waals surface area contributed by atoms with E-state index in [1.165, 1.54) is 0 Å². The Morgan fingerprint density at radius 3 is 2.33 bits per heavy atom. The summed E-state index contributed by atoms with van der Waals surface area (Å²) < 4.78 is 28.0. The Kier molecular flexibility index (Phi) is 7.13. The molecule has 0 saturated heterocycles. The summed E-state index contributed by atoms with van der Waals surface area (Å²) in [6.45, 7) is 6.60. The molecule has 1 N–H and O–H groups in total. The van der Waals surface area contributed by atoms with Crippen LogP contribution in [0.4, 0.5) is 0 Å². The second-order valence-corrected chi connectivity index (χ2v) is 6.61. The molecule has 1 atom stereocenters. The Hall–Kier alpha value is -0.130. The average Bonchev–Trinajstić information content (AvgIpc) is 2.16. The first-order chi connectivity index (χ1) is 6.94. The summed E-state index contributed by atoms with van der Waals surface area (Å²) >= 11 is 0. The Labute approximate surface area is 93.3 Å². The fourth-order valence-corrected chi connectivity index (χ4v) is 2.04. The summed E-state index contributed by atoms with van der Waals surface area (Å²) in [6, 6.07) is 0.248. The van der Waals surface area contributed by atoms with Crippen molar-refractivity contribution in [3.63, 3.8) is 0 Å². The van der Waals surface area contributed by atoms with Crippen LogP contribution < -0.4 is 5.32 Å². The maximum atomic E-state index is 11.5. The molecule has 0 aromatic carbocycles. The van der Waals surface area contributed by atoms with E-state index in [4.69, 9.17) is 4.74 Å². The summed E-state index contributed by atoms with van der Waals surface area (Å²) in [6.07, 6.45) is 0.940. The topological polar surface area (TPSA) is 55.4 Å². The molecular formula is C10H23NO3S. The number of ether oxygens (including phenoxy) is 1. The minimum atomic E-state index is -2.92. The SMILES string of the molecule is CCC(COC)NCCS(=O)(=O)C(C)C. The van der Waals surface area contributed by atoms with Crippen molar-refractivity contribution < 1.29 is 13.2 Å². The van der Waals surface area contributed by atoms with E-state index in [2.05, 4.69) is 5.32 Å². The average molecular weight is 237 g/mol. The number of rotatable bonds is 8. The van der Waals surface area contributed by atoms with Crippen molar-refractivity contribution >= 4 is 9.84 Å². The van der Waals surface area contributed by atoms with Crippen molar-refractivity contribution in [1.29, 1.82) is 0 Å². The molecule has 1 unspecified atom stereocenters. The highest BCUT2D eigenvalue weighted by molar-refractivity contribution is 7.92. The van der Waals surface area contributed by atoms with Gasteiger partial charge < -0.3 is 10.1 Å². The molecule has 0 aliphatic carbocycles. The Bertz CT molecular complexity index is 249. The third-order valence-corrected chi connectivity index (χ3v) is 4.61. The monoisotopic (exact) mass is 237 g/mol. The van der Waals surface area contributed by atoms with Gasteiger partial charge in [0.05, 0.1) is 17.6 Å². The summed E-state index contributed by atoms with van der Waals surface area (Å²) in [5, 5.41) is 2.89. The van der Waals surface area contributed by atoms with Crippen LogP contribution in [0.5, 0.6) is 0 Å². The van der Waals surface area contributed by atoms with E-state index in [0.29, 0.717) is 13.2 Å². The fraction of sp³-hybridized carbons (Fsp3) is 1.00. The van der Waals surface area contributed by atoms with Gasteiger partial charge in [-0.2, -0.15) is 0 Å². The minimum Gasteiger partial charge on any atom is -0.383 e. The van der Waals surface area contributed by atoms with Gasteiger partial charge in [0, 0.05) is 19.7 Å². The van der Waals surface area contributed by atoms with E-state index in [0.717, 1.165) is 6.42 Å². The van der Waals surface area contributed by atoms with E-state index < -0.39 is 9.84 Å². The van der Waals surface area contributed by atoms with Crippen LogP contribution in [0, 0.1) is 0 Å². The van der Waals surface area contributed by atoms with Crippen molar-refractivity contribution in [3.05, 3.63) is 0 Å². The van der Waals surface area contributed by atoms with E-state index in [-0.39, 0.29) is 17.0 Å². The Balaban J connectivity index is 3.87. The lowest BCUT2D eigenvalue weighted by Crippen LogP contribution is -2.37. The Morgan fingerprint density at radius 2 is 1.93 bits per heavy atom. The highest BCUT2D eigenvalue weighted by Crippen LogP contribution is 2.00. The van der Waals surface area contributed by atoms with Gasteiger partial charge in [-0.1, -0.05) is 6.92 Å². The molecule has 0 fully saturated rings. The Morgan fingerprint density at radius 1 is 1.33 bits per heavy atom. The first-order valence-electron chi connectivity index (χ1n) is 5.38. The lowest BCUT2D eigenvalue weighted by Gasteiger charge is -2.16. The number of methoxy groups -OCH3 is 1. The summed E-state index contributed by atoms with van der Waals surface area (Å²) in [5.74, 6) is 0.199. The molecule has 0 aliphatic rings. The second-order valence-electron chi connectivity index (χ2n) is 3.93. The molecule has 5 heteroatoms. The van der Waals surface area contributed by atoms with E-state index in [1.807, 2.05) is 6.92 Å². The molecule has 15 heavy (non-hydrogen) atoms. The summed E-state index contributed by atoms with van der Waals surface area (Å²) in [4.78, 5) is 0. The normalized spacial score (nSPS) is 14.5. The fourth-order valence-electron chi connectivity index (χ4n) is 1.16. The lowest BCUT2D eigenvalue weighted by atomic mass is 10.2. The molecule has 92 valence electrons. The van der Waals surface area contributed by atoms with Gasteiger partial charge in [-0.15, -0.1) is 0 Å². The zero-order valence-corrected chi connectivity index (χ0v) is 10.9. The predicted octanol–water partition coefficient (Wildman–Crippen LogP) is 0.824. The molecule has 0 saturated carbocycles. The van der Waals surface area contributed by atoms with Crippen LogP contribution in [-0.4, -0.2) is 45.7 Å². The van der Waals surface area contributed by atoms with Crippen LogP contribution in [0.1, 0.15) is 27.2 Å². The highest BCUT2D eigenvalue weighted by atomic mass is 32.2. The largest absolute Gasteiger partial charge is 0.383 e. The van der Waals surface area contributed by atoms with Crippen molar-refractivity contribution in [2.45, 2.75) is 38.5 Å². The van der Waals surface area contributed by atoms with Gasteiger partial charge in [0.2, 0.25) is 0 Å². The van der Waals surface area contributed by atoms with Gasteiger partial charge >= 0.3 is 0 Å². The van der Waals surface area contributed by atoms with Crippen molar-refractivity contribution in [2.24, 2.45) is 0 Å². The maximum absolute atomic E-state index is 11.5. The van der Waals surface area contributed by atoms with Crippen molar-refractivity contribution in [3.8, 4) is 0 Å². The van der Waals surface area contributed by atoms with Gasteiger partial charge in [-0.3, -0.25) is 0 Å². The molecule has 0 radical (unpaired) electrons. The van der Waals surface area contributed by atoms with E-state index in [9.17, 15) is 8.42 Å². The third kappa shape index (κ3) is 6.12. The van der Waals surface area contributed by atoms with Crippen LogP contribution in [0.25, 0.3) is 0 Å². The molecule has 0 rings (SSSR count). The first kappa shape index (κ1) is 14.9. The van der Waals surface area contributed by atoms with Gasteiger partial charge in [0.25, 0.3) is 0 Å². The molecular weight excluding hydrogens is 214 g/mol. The predicted molar refractivity (Wildman–Crippen MR) is 62.9 cm³/mol. The van der Waals surface area contributed by atoms with Crippen molar-refractivity contribution in [1.82, 2.24) is 5.32 Å². The standard InChI is InChI=1S/C10H23NO3S/c1-5-10(8-14-4)11-6-7-15(12,13)9(2)3/h9-11H,5-8H2,1-4H3.